The number of carboxylic acids is 1. The fourth-order valence-corrected chi connectivity index (χ4v) is 3.93. The summed E-state index contributed by atoms with van der Waals surface area (Å²) in [5.74, 6) is -2.37. The van der Waals surface area contributed by atoms with Crippen molar-refractivity contribution < 1.29 is 27.4 Å². The largest absolute Gasteiger partial charge is 0.478 e. The van der Waals surface area contributed by atoms with Crippen LogP contribution in [-0.4, -0.2) is 49.1 Å². The molecule has 1 fully saturated rings. The van der Waals surface area contributed by atoms with E-state index < -0.39 is 26.7 Å². The molecule has 2 rings (SSSR count). The number of sulfonamides is 1. The molecule has 1 heterocycles. The SMILES string of the molecule is CC(C)O[C@@H]1CCN(S(=O)(=O)c2ccc(C(=O)O)cc2F)C1. The molecule has 1 saturated heterocycles. The zero-order valence-corrected chi connectivity index (χ0v) is 13.1. The Morgan fingerprint density at radius 3 is 2.68 bits per heavy atom. The fraction of sp³-hybridized carbons (Fsp3) is 0.500. The number of hydrogen-bond donors (Lipinski definition) is 1. The predicted octanol–water partition coefficient (Wildman–Crippen LogP) is 1.71. The average molecular weight is 331 g/mol. The van der Waals surface area contributed by atoms with E-state index in [0.717, 1.165) is 12.1 Å². The van der Waals surface area contributed by atoms with Gasteiger partial charge in [-0.25, -0.2) is 17.6 Å². The lowest BCUT2D eigenvalue weighted by atomic mass is 10.2. The van der Waals surface area contributed by atoms with Gasteiger partial charge in [-0.15, -0.1) is 0 Å². The zero-order valence-electron chi connectivity index (χ0n) is 12.3. The summed E-state index contributed by atoms with van der Waals surface area (Å²) < 4.78 is 45.6. The first-order valence-electron chi connectivity index (χ1n) is 6.90. The summed E-state index contributed by atoms with van der Waals surface area (Å²) in [5, 5.41) is 8.79. The van der Waals surface area contributed by atoms with Crippen LogP contribution in [0.25, 0.3) is 0 Å². The molecule has 1 aliphatic rings. The van der Waals surface area contributed by atoms with Gasteiger partial charge < -0.3 is 9.84 Å². The van der Waals surface area contributed by atoms with Crippen molar-refractivity contribution in [2.75, 3.05) is 13.1 Å². The number of halogens is 1. The van der Waals surface area contributed by atoms with E-state index in [1.807, 2.05) is 13.8 Å². The van der Waals surface area contributed by atoms with Gasteiger partial charge in [0, 0.05) is 13.1 Å². The van der Waals surface area contributed by atoms with Gasteiger partial charge in [-0.3, -0.25) is 0 Å². The Balaban J connectivity index is 2.23. The van der Waals surface area contributed by atoms with Crippen molar-refractivity contribution in [2.24, 2.45) is 0 Å². The van der Waals surface area contributed by atoms with Crippen LogP contribution in [0.5, 0.6) is 0 Å². The molecule has 1 N–H and O–H groups in total. The second kappa shape index (κ2) is 6.31. The topological polar surface area (TPSA) is 83.9 Å². The third-order valence-corrected chi connectivity index (χ3v) is 5.27. The van der Waals surface area contributed by atoms with E-state index in [1.54, 1.807) is 0 Å². The second-order valence-electron chi connectivity index (χ2n) is 5.41. The lowest BCUT2D eigenvalue weighted by Crippen LogP contribution is -2.31. The van der Waals surface area contributed by atoms with Gasteiger partial charge in [0.25, 0.3) is 0 Å². The smallest absolute Gasteiger partial charge is 0.335 e. The van der Waals surface area contributed by atoms with Gasteiger partial charge in [0.15, 0.2) is 0 Å². The van der Waals surface area contributed by atoms with E-state index in [2.05, 4.69) is 0 Å². The molecule has 0 saturated carbocycles. The highest BCUT2D eigenvalue weighted by Crippen LogP contribution is 2.25. The maximum absolute atomic E-state index is 14.0. The van der Waals surface area contributed by atoms with Crippen molar-refractivity contribution in [1.82, 2.24) is 4.31 Å². The highest BCUT2D eigenvalue weighted by atomic mass is 32.2. The highest BCUT2D eigenvalue weighted by Gasteiger charge is 2.35. The standard InChI is InChI=1S/C14H18FNO5S/c1-9(2)21-11-5-6-16(8-11)22(19,20)13-4-3-10(14(17)18)7-12(13)15/h3-4,7,9,11H,5-6,8H2,1-2H3,(H,17,18)/t11-/m1/s1. The second-order valence-corrected chi connectivity index (χ2v) is 7.32. The monoisotopic (exact) mass is 331 g/mol. The van der Waals surface area contributed by atoms with Crippen LogP contribution in [-0.2, 0) is 14.8 Å². The van der Waals surface area contributed by atoms with Crippen molar-refractivity contribution in [2.45, 2.75) is 37.4 Å². The summed E-state index contributed by atoms with van der Waals surface area (Å²) in [6.07, 6.45) is 0.321. The number of benzene rings is 1. The summed E-state index contributed by atoms with van der Waals surface area (Å²) >= 11 is 0. The summed E-state index contributed by atoms with van der Waals surface area (Å²) in [5.41, 5.74) is -0.293. The maximum Gasteiger partial charge on any atom is 0.335 e. The number of carboxylic acid groups (broad SMARTS) is 1. The number of hydrogen-bond acceptors (Lipinski definition) is 4. The molecular weight excluding hydrogens is 313 g/mol. The van der Waals surface area contributed by atoms with Gasteiger partial charge in [0.05, 0.1) is 17.8 Å². The first-order valence-corrected chi connectivity index (χ1v) is 8.34. The van der Waals surface area contributed by atoms with Crippen LogP contribution in [0.15, 0.2) is 23.1 Å². The normalized spacial score (nSPS) is 19.7. The molecule has 8 heteroatoms. The van der Waals surface area contributed by atoms with Crippen molar-refractivity contribution in [1.29, 1.82) is 0 Å². The summed E-state index contributed by atoms with van der Waals surface area (Å²) in [6, 6.07) is 2.79. The van der Waals surface area contributed by atoms with Gasteiger partial charge in [0.1, 0.15) is 10.7 Å². The Hall–Kier alpha value is -1.51. The molecule has 1 aromatic rings. The van der Waals surface area contributed by atoms with E-state index in [1.165, 1.54) is 4.31 Å². The van der Waals surface area contributed by atoms with E-state index in [4.69, 9.17) is 9.84 Å². The third kappa shape index (κ3) is 3.45. The lowest BCUT2D eigenvalue weighted by molar-refractivity contribution is 0.0173. The lowest BCUT2D eigenvalue weighted by Gasteiger charge is -2.18. The number of ether oxygens (including phenoxy) is 1. The zero-order chi connectivity index (χ0) is 16.5. The van der Waals surface area contributed by atoms with E-state index in [-0.39, 0.29) is 30.9 Å². The Morgan fingerprint density at radius 1 is 1.45 bits per heavy atom. The molecule has 0 radical (unpaired) electrons. The molecule has 0 bridgehead atoms. The van der Waals surface area contributed by atoms with Crippen LogP contribution >= 0.6 is 0 Å². The molecule has 6 nitrogen and oxygen atoms in total. The molecule has 122 valence electrons. The first kappa shape index (κ1) is 16.9. The van der Waals surface area contributed by atoms with Crippen LogP contribution in [0.1, 0.15) is 30.6 Å². The van der Waals surface area contributed by atoms with Gasteiger partial charge in [-0.2, -0.15) is 4.31 Å². The van der Waals surface area contributed by atoms with Crippen LogP contribution in [0, 0.1) is 5.82 Å². The van der Waals surface area contributed by atoms with E-state index >= 15 is 0 Å². The number of carbonyl (C=O) groups is 1. The van der Waals surface area contributed by atoms with E-state index in [9.17, 15) is 17.6 Å². The van der Waals surface area contributed by atoms with Crippen LogP contribution in [0.2, 0.25) is 0 Å². The predicted molar refractivity (Wildman–Crippen MR) is 76.7 cm³/mol. The number of aromatic carboxylic acids is 1. The fourth-order valence-electron chi connectivity index (χ4n) is 2.39. The molecule has 1 atom stereocenters. The van der Waals surface area contributed by atoms with Crippen LogP contribution < -0.4 is 0 Å². The van der Waals surface area contributed by atoms with Gasteiger partial charge in [-0.1, -0.05) is 0 Å². The minimum atomic E-state index is -4.00. The minimum absolute atomic E-state index is 0.0146. The van der Waals surface area contributed by atoms with Crippen molar-refractivity contribution >= 4 is 16.0 Å². The Morgan fingerprint density at radius 2 is 2.14 bits per heavy atom. The van der Waals surface area contributed by atoms with Crippen LogP contribution in [0.3, 0.4) is 0 Å². The maximum atomic E-state index is 14.0. The minimum Gasteiger partial charge on any atom is -0.478 e. The third-order valence-electron chi connectivity index (χ3n) is 3.37. The summed E-state index contributed by atoms with van der Waals surface area (Å²) in [4.78, 5) is 10.3. The average Bonchev–Trinajstić information content (AvgIpc) is 2.86. The van der Waals surface area contributed by atoms with Crippen molar-refractivity contribution in [3.8, 4) is 0 Å². The summed E-state index contributed by atoms with van der Waals surface area (Å²) in [7, 11) is -4.00. The van der Waals surface area contributed by atoms with E-state index in [0.29, 0.717) is 12.5 Å². The Labute approximate surface area is 128 Å². The quantitative estimate of drug-likeness (QED) is 0.888. The molecule has 0 aromatic heterocycles. The van der Waals surface area contributed by atoms with Crippen molar-refractivity contribution in [3.63, 3.8) is 0 Å². The molecule has 22 heavy (non-hydrogen) atoms. The van der Waals surface area contributed by atoms with Gasteiger partial charge in [-0.05, 0) is 38.5 Å². The summed E-state index contributed by atoms with van der Waals surface area (Å²) in [6.45, 7) is 4.14. The first-order chi connectivity index (χ1) is 10.2. The molecule has 0 aliphatic carbocycles. The molecular formula is C14H18FNO5S. The Kier molecular flexibility index (Phi) is 4.84. The van der Waals surface area contributed by atoms with Gasteiger partial charge in [0.2, 0.25) is 10.0 Å². The number of nitrogens with zero attached hydrogens (tertiary/aromatic N) is 1. The van der Waals surface area contributed by atoms with Gasteiger partial charge >= 0.3 is 5.97 Å². The molecule has 0 spiro atoms. The highest BCUT2D eigenvalue weighted by molar-refractivity contribution is 7.89. The molecule has 1 aromatic carbocycles. The van der Waals surface area contributed by atoms with Crippen LogP contribution in [0.4, 0.5) is 4.39 Å². The van der Waals surface area contributed by atoms with Crippen molar-refractivity contribution in [3.05, 3.63) is 29.6 Å². The Bertz CT molecular complexity index is 674. The molecule has 0 amide bonds. The number of rotatable bonds is 5. The molecule has 1 aliphatic heterocycles. The molecule has 0 unspecified atom stereocenters.